The van der Waals surface area contributed by atoms with E-state index in [0.29, 0.717) is 0 Å². The zero-order valence-electron chi connectivity index (χ0n) is 15.1. The molecule has 0 saturated carbocycles. The average molecular weight is 420 g/mol. The Hall–Kier alpha value is -2.84. The molecule has 0 amide bonds. The van der Waals surface area contributed by atoms with Crippen LogP contribution in [-0.4, -0.2) is 25.5 Å². The van der Waals surface area contributed by atoms with Gasteiger partial charge in [-0.1, -0.05) is 35.9 Å². The summed E-state index contributed by atoms with van der Waals surface area (Å²) < 4.78 is 27.7. The van der Waals surface area contributed by atoms with Gasteiger partial charge in [0.25, 0.3) is 10.0 Å². The molecule has 3 N–H and O–H groups in total. The standard InChI is InChI=1S/C19H18ClN3O4S/c1-11-5-3-6-12(2)17(11)15-10-16(20)22-19(21-15)23-28(26,27)14-8-4-7-13(9-14)18(24)25/h3-10,15H,1-2H3,(H,24,25)(H2,21,22,23). The fourth-order valence-corrected chi connectivity index (χ4v) is 4.20. The van der Waals surface area contributed by atoms with Gasteiger partial charge in [0.2, 0.25) is 5.96 Å². The second-order valence-corrected chi connectivity index (χ2v) is 8.40. The predicted molar refractivity (Wildman–Crippen MR) is 107 cm³/mol. The SMILES string of the molecule is Cc1cccc(C)c1C1C=C(Cl)NC(NS(=O)(=O)c2cccc(C(=O)O)c2)=N1. The molecule has 0 radical (unpaired) electrons. The summed E-state index contributed by atoms with van der Waals surface area (Å²) in [6, 6.07) is 10.4. The van der Waals surface area contributed by atoms with Crippen LogP contribution in [-0.2, 0) is 10.0 Å². The number of halogens is 1. The van der Waals surface area contributed by atoms with Crippen LogP contribution in [0.4, 0.5) is 0 Å². The number of rotatable bonds is 4. The number of carbonyl (C=O) groups is 1. The number of aromatic carboxylic acids is 1. The summed E-state index contributed by atoms with van der Waals surface area (Å²) in [6.45, 7) is 3.89. The van der Waals surface area contributed by atoms with E-state index in [0.717, 1.165) is 22.8 Å². The summed E-state index contributed by atoms with van der Waals surface area (Å²) in [5.74, 6) is -1.26. The van der Waals surface area contributed by atoms with Gasteiger partial charge in [0, 0.05) is 0 Å². The molecule has 0 saturated heterocycles. The molecule has 9 heteroatoms. The molecule has 1 atom stereocenters. The fourth-order valence-electron chi connectivity index (χ4n) is 2.98. The predicted octanol–water partition coefficient (Wildman–Crippen LogP) is 3.06. The number of carboxylic acid groups (broad SMARTS) is 1. The van der Waals surface area contributed by atoms with Crippen LogP contribution in [0.15, 0.2) is 63.6 Å². The van der Waals surface area contributed by atoms with Crippen LogP contribution in [0.3, 0.4) is 0 Å². The number of benzene rings is 2. The fraction of sp³-hybridized carbons (Fsp3) is 0.158. The molecule has 3 rings (SSSR count). The van der Waals surface area contributed by atoms with Crippen molar-refractivity contribution in [2.75, 3.05) is 0 Å². The van der Waals surface area contributed by atoms with E-state index in [2.05, 4.69) is 15.0 Å². The molecule has 2 aromatic rings. The molecule has 2 aromatic carbocycles. The third-order valence-electron chi connectivity index (χ3n) is 4.27. The van der Waals surface area contributed by atoms with Crippen LogP contribution in [0.25, 0.3) is 0 Å². The molecule has 0 bridgehead atoms. The highest BCUT2D eigenvalue weighted by molar-refractivity contribution is 7.90. The topological polar surface area (TPSA) is 108 Å². The monoisotopic (exact) mass is 419 g/mol. The number of aryl methyl sites for hydroxylation is 2. The minimum absolute atomic E-state index is 0.0409. The number of hydrogen-bond donors (Lipinski definition) is 3. The third-order valence-corrected chi connectivity index (χ3v) is 5.83. The van der Waals surface area contributed by atoms with Crippen LogP contribution in [0, 0.1) is 13.8 Å². The Labute approximate surface area is 167 Å². The molecule has 0 aromatic heterocycles. The van der Waals surface area contributed by atoms with Crippen molar-refractivity contribution >= 4 is 33.6 Å². The average Bonchev–Trinajstić information content (AvgIpc) is 2.61. The Balaban J connectivity index is 1.94. The molecular weight excluding hydrogens is 402 g/mol. The number of carboxylic acids is 1. The van der Waals surface area contributed by atoms with E-state index < -0.39 is 22.0 Å². The molecule has 1 aliphatic heterocycles. The Bertz CT molecular complexity index is 1090. The molecule has 1 unspecified atom stereocenters. The number of nitrogens with one attached hydrogen (secondary N) is 2. The Kier molecular flexibility index (Phi) is 5.44. The van der Waals surface area contributed by atoms with Gasteiger partial charge in [0.05, 0.1) is 10.5 Å². The van der Waals surface area contributed by atoms with E-state index in [4.69, 9.17) is 16.7 Å². The van der Waals surface area contributed by atoms with E-state index in [1.165, 1.54) is 18.2 Å². The molecule has 0 aliphatic carbocycles. The van der Waals surface area contributed by atoms with Gasteiger partial charge in [-0.25, -0.2) is 22.9 Å². The largest absolute Gasteiger partial charge is 0.478 e. The maximum atomic E-state index is 12.7. The first-order valence-electron chi connectivity index (χ1n) is 8.32. The van der Waals surface area contributed by atoms with E-state index in [1.807, 2.05) is 32.0 Å². The molecule has 7 nitrogen and oxygen atoms in total. The van der Waals surface area contributed by atoms with E-state index in [-0.39, 0.29) is 21.6 Å². The number of nitrogens with zero attached hydrogens (tertiary/aromatic N) is 1. The van der Waals surface area contributed by atoms with Gasteiger partial charge in [-0.15, -0.1) is 0 Å². The van der Waals surface area contributed by atoms with Gasteiger partial charge in [0.15, 0.2) is 0 Å². The van der Waals surface area contributed by atoms with Gasteiger partial charge in [-0.3, -0.25) is 0 Å². The van der Waals surface area contributed by atoms with E-state index in [1.54, 1.807) is 6.08 Å². The van der Waals surface area contributed by atoms with Crippen molar-refractivity contribution in [3.63, 3.8) is 0 Å². The lowest BCUT2D eigenvalue weighted by Gasteiger charge is -2.22. The number of aliphatic imine (C=N–C) groups is 1. The molecule has 146 valence electrons. The smallest absolute Gasteiger partial charge is 0.335 e. The molecule has 1 heterocycles. The minimum atomic E-state index is -4.06. The third kappa shape index (κ3) is 4.18. The Morgan fingerprint density at radius 3 is 2.46 bits per heavy atom. The maximum Gasteiger partial charge on any atom is 0.335 e. The summed E-state index contributed by atoms with van der Waals surface area (Å²) in [7, 11) is -4.06. The highest BCUT2D eigenvalue weighted by Crippen LogP contribution is 2.29. The minimum Gasteiger partial charge on any atom is -0.478 e. The zero-order valence-corrected chi connectivity index (χ0v) is 16.7. The van der Waals surface area contributed by atoms with Crippen LogP contribution in [0.1, 0.15) is 33.1 Å². The highest BCUT2D eigenvalue weighted by atomic mass is 35.5. The molecule has 28 heavy (non-hydrogen) atoms. The van der Waals surface area contributed by atoms with Gasteiger partial charge in [-0.2, -0.15) is 0 Å². The van der Waals surface area contributed by atoms with Crippen molar-refractivity contribution in [1.29, 1.82) is 0 Å². The van der Waals surface area contributed by atoms with Crippen LogP contribution < -0.4 is 10.0 Å². The maximum absolute atomic E-state index is 12.7. The first-order valence-corrected chi connectivity index (χ1v) is 10.2. The molecular formula is C19H18ClN3O4S. The normalized spacial score (nSPS) is 16.6. The number of hydrogen-bond acceptors (Lipinski definition) is 5. The van der Waals surface area contributed by atoms with E-state index >= 15 is 0 Å². The van der Waals surface area contributed by atoms with Crippen molar-refractivity contribution in [2.24, 2.45) is 4.99 Å². The van der Waals surface area contributed by atoms with Crippen LogP contribution >= 0.6 is 11.6 Å². The van der Waals surface area contributed by atoms with Crippen molar-refractivity contribution < 1.29 is 18.3 Å². The lowest BCUT2D eigenvalue weighted by molar-refractivity contribution is 0.0696. The number of sulfonamides is 1. The van der Waals surface area contributed by atoms with Crippen molar-refractivity contribution in [3.8, 4) is 0 Å². The van der Waals surface area contributed by atoms with Crippen molar-refractivity contribution in [3.05, 3.63) is 76.0 Å². The number of guanidine groups is 1. The molecule has 0 spiro atoms. The van der Waals surface area contributed by atoms with Crippen LogP contribution in [0.5, 0.6) is 0 Å². The first kappa shape index (κ1) is 19.9. The molecule has 1 aliphatic rings. The van der Waals surface area contributed by atoms with Crippen molar-refractivity contribution in [1.82, 2.24) is 10.0 Å². The summed E-state index contributed by atoms with van der Waals surface area (Å²) in [6.07, 6.45) is 1.69. The molecule has 0 fully saturated rings. The quantitative estimate of drug-likeness (QED) is 0.660. The van der Waals surface area contributed by atoms with Gasteiger partial charge in [0.1, 0.15) is 11.2 Å². The summed E-state index contributed by atoms with van der Waals surface area (Å²) in [5.41, 5.74) is 2.82. The Morgan fingerprint density at radius 1 is 1.18 bits per heavy atom. The van der Waals surface area contributed by atoms with Crippen LogP contribution in [0.2, 0.25) is 0 Å². The van der Waals surface area contributed by atoms with Crippen molar-refractivity contribution in [2.45, 2.75) is 24.8 Å². The van der Waals surface area contributed by atoms with Gasteiger partial charge >= 0.3 is 5.97 Å². The highest BCUT2D eigenvalue weighted by Gasteiger charge is 2.23. The van der Waals surface area contributed by atoms with E-state index in [9.17, 15) is 13.2 Å². The second kappa shape index (κ2) is 7.65. The Morgan fingerprint density at radius 2 is 1.82 bits per heavy atom. The summed E-state index contributed by atoms with van der Waals surface area (Å²) in [5, 5.41) is 12.0. The first-order chi connectivity index (χ1) is 13.2. The van der Waals surface area contributed by atoms with Gasteiger partial charge < -0.3 is 10.4 Å². The van der Waals surface area contributed by atoms with Gasteiger partial charge in [-0.05, 0) is 54.8 Å². The second-order valence-electron chi connectivity index (χ2n) is 6.31. The summed E-state index contributed by atoms with van der Waals surface area (Å²) >= 11 is 6.16. The lowest BCUT2D eigenvalue weighted by Crippen LogP contribution is -2.41. The summed E-state index contributed by atoms with van der Waals surface area (Å²) in [4.78, 5) is 15.3. The lowest BCUT2D eigenvalue weighted by atomic mass is 9.96. The zero-order chi connectivity index (χ0) is 20.5.